The summed E-state index contributed by atoms with van der Waals surface area (Å²) in [5.41, 5.74) is 8.06. The second-order valence-corrected chi connectivity index (χ2v) is 8.52. The van der Waals surface area contributed by atoms with Crippen LogP contribution in [0.1, 0.15) is 43.1 Å². The van der Waals surface area contributed by atoms with E-state index in [1.54, 1.807) is 12.1 Å². The first kappa shape index (κ1) is 19.9. The largest absolute Gasteiger partial charge is 0.396 e. The standard InChI is InChI=1S/C21H22Cl2N4O2/c1-11-7-14(27-18-6-4-3-5-17(18)25-21(27)29)8-12(2)26(11)20(28)13-9-15(22)19(24)16(23)10-13/h3-6,9-12,14H,7-8,24H2,1-2H3,(H,25,29)/t11-,12-/m1/s1. The highest BCUT2D eigenvalue weighted by Crippen LogP contribution is 2.35. The molecule has 3 N–H and O–H groups in total. The molecule has 1 aliphatic rings. The van der Waals surface area contributed by atoms with Gasteiger partial charge in [-0.3, -0.25) is 9.36 Å². The van der Waals surface area contributed by atoms with Crippen LogP contribution in [0.3, 0.4) is 0 Å². The molecule has 0 unspecified atom stereocenters. The molecule has 1 amide bonds. The Hall–Kier alpha value is -2.44. The number of nitrogen functional groups attached to an aromatic ring is 1. The summed E-state index contributed by atoms with van der Waals surface area (Å²) < 4.78 is 1.82. The molecule has 0 aliphatic carbocycles. The van der Waals surface area contributed by atoms with E-state index in [0.717, 1.165) is 11.0 Å². The number of hydrogen-bond acceptors (Lipinski definition) is 3. The molecule has 3 aromatic rings. The molecule has 152 valence electrons. The predicted octanol–water partition coefficient (Wildman–Crippen LogP) is 4.47. The molecule has 29 heavy (non-hydrogen) atoms. The Balaban J connectivity index is 1.63. The normalized spacial score (nSPS) is 22.2. The van der Waals surface area contributed by atoms with Crippen LogP contribution in [0.2, 0.25) is 10.0 Å². The lowest BCUT2D eigenvalue weighted by Gasteiger charge is -2.43. The van der Waals surface area contributed by atoms with E-state index in [1.165, 1.54) is 0 Å². The number of carbonyl (C=O) groups excluding carboxylic acids is 1. The molecule has 4 rings (SSSR count). The van der Waals surface area contributed by atoms with Crippen LogP contribution in [-0.4, -0.2) is 32.4 Å². The molecule has 6 nitrogen and oxygen atoms in total. The average molecular weight is 433 g/mol. The summed E-state index contributed by atoms with van der Waals surface area (Å²) >= 11 is 12.2. The first-order valence-corrected chi connectivity index (χ1v) is 10.3. The minimum atomic E-state index is -0.140. The number of nitrogens with two attached hydrogens (primary N) is 1. The molecule has 2 heterocycles. The average Bonchev–Trinajstić information content (AvgIpc) is 3.00. The number of hydrogen-bond donors (Lipinski definition) is 2. The first-order chi connectivity index (χ1) is 13.8. The number of fused-ring (bicyclic) bond motifs is 1. The number of anilines is 1. The second kappa shape index (κ2) is 7.43. The van der Waals surface area contributed by atoms with Crippen LogP contribution in [0.15, 0.2) is 41.2 Å². The van der Waals surface area contributed by atoms with Gasteiger partial charge < -0.3 is 15.6 Å². The van der Waals surface area contributed by atoms with Crippen molar-refractivity contribution in [2.75, 3.05) is 5.73 Å². The zero-order chi connectivity index (χ0) is 20.9. The molecule has 0 spiro atoms. The number of rotatable bonds is 2. The molecule has 1 aromatic heterocycles. The van der Waals surface area contributed by atoms with Crippen molar-refractivity contribution in [2.24, 2.45) is 0 Å². The fourth-order valence-corrected chi connectivity index (χ4v) is 4.94. The van der Waals surface area contributed by atoms with Gasteiger partial charge in [-0.2, -0.15) is 0 Å². The van der Waals surface area contributed by atoms with Crippen molar-refractivity contribution in [3.63, 3.8) is 0 Å². The quantitative estimate of drug-likeness (QED) is 0.585. The lowest BCUT2D eigenvalue weighted by molar-refractivity contribution is 0.0429. The fourth-order valence-electron chi connectivity index (χ4n) is 4.45. The van der Waals surface area contributed by atoms with Crippen molar-refractivity contribution in [1.29, 1.82) is 0 Å². The maximum Gasteiger partial charge on any atom is 0.326 e. The van der Waals surface area contributed by atoms with Crippen molar-refractivity contribution >= 4 is 45.8 Å². The van der Waals surface area contributed by atoms with E-state index in [-0.39, 0.29) is 45.5 Å². The summed E-state index contributed by atoms with van der Waals surface area (Å²) in [7, 11) is 0. The molecule has 1 saturated heterocycles. The van der Waals surface area contributed by atoms with Crippen molar-refractivity contribution < 1.29 is 4.79 Å². The Labute approximate surface area is 178 Å². The number of benzene rings is 2. The maximum atomic E-state index is 13.2. The molecule has 1 fully saturated rings. The van der Waals surface area contributed by atoms with Crippen LogP contribution in [0, 0.1) is 0 Å². The number of imidazole rings is 1. The number of para-hydroxylation sites is 2. The van der Waals surface area contributed by atoms with E-state index in [1.807, 2.05) is 47.6 Å². The summed E-state index contributed by atoms with van der Waals surface area (Å²) in [6, 6.07) is 10.7. The summed E-state index contributed by atoms with van der Waals surface area (Å²) in [5, 5.41) is 0.530. The number of aromatic amines is 1. The van der Waals surface area contributed by atoms with E-state index in [9.17, 15) is 9.59 Å². The van der Waals surface area contributed by atoms with Gasteiger partial charge in [0.1, 0.15) is 0 Å². The van der Waals surface area contributed by atoms with Gasteiger partial charge in [0.05, 0.1) is 26.8 Å². The van der Waals surface area contributed by atoms with E-state index >= 15 is 0 Å². The lowest BCUT2D eigenvalue weighted by atomic mass is 9.91. The van der Waals surface area contributed by atoms with Crippen LogP contribution in [-0.2, 0) is 0 Å². The van der Waals surface area contributed by atoms with Gasteiger partial charge in [-0.1, -0.05) is 35.3 Å². The van der Waals surface area contributed by atoms with Gasteiger partial charge in [-0.25, -0.2) is 4.79 Å². The van der Waals surface area contributed by atoms with Crippen molar-refractivity contribution in [1.82, 2.24) is 14.5 Å². The Bertz CT molecular complexity index is 1120. The predicted molar refractivity (Wildman–Crippen MR) is 117 cm³/mol. The van der Waals surface area contributed by atoms with Crippen molar-refractivity contribution in [3.05, 3.63) is 62.5 Å². The highest BCUT2D eigenvalue weighted by atomic mass is 35.5. The molecule has 0 radical (unpaired) electrons. The molecular weight excluding hydrogens is 411 g/mol. The number of aromatic nitrogens is 2. The van der Waals surface area contributed by atoms with Crippen LogP contribution in [0.4, 0.5) is 5.69 Å². The zero-order valence-electron chi connectivity index (χ0n) is 16.2. The Morgan fingerprint density at radius 3 is 2.31 bits per heavy atom. The number of likely N-dealkylation sites (tertiary alicyclic amines) is 1. The SMILES string of the molecule is C[C@@H]1CC(n2c(=O)[nH]c3ccccc32)C[C@@H](C)N1C(=O)c1cc(Cl)c(N)c(Cl)c1. The van der Waals surface area contributed by atoms with Gasteiger partial charge in [0.15, 0.2) is 0 Å². The Morgan fingerprint density at radius 2 is 1.69 bits per heavy atom. The number of halogens is 2. The van der Waals surface area contributed by atoms with Crippen LogP contribution < -0.4 is 11.4 Å². The van der Waals surface area contributed by atoms with Crippen molar-refractivity contribution in [3.8, 4) is 0 Å². The summed E-state index contributed by atoms with van der Waals surface area (Å²) in [4.78, 5) is 30.5. The van der Waals surface area contributed by atoms with Gasteiger partial charge in [-0.05, 0) is 51.0 Å². The summed E-state index contributed by atoms with van der Waals surface area (Å²) in [6.07, 6.45) is 1.35. The Kier molecular flexibility index (Phi) is 5.09. The van der Waals surface area contributed by atoms with Crippen LogP contribution in [0.25, 0.3) is 11.0 Å². The number of H-pyrrole nitrogens is 1. The van der Waals surface area contributed by atoms with Gasteiger partial charge in [0.25, 0.3) is 5.91 Å². The molecule has 8 heteroatoms. The van der Waals surface area contributed by atoms with Crippen LogP contribution >= 0.6 is 23.2 Å². The fraction of sp³-hybridized carbons (Fsp3) is 0.333. The number of carbonyl (C=O) groups is 1. The monoisotopic (exact) mass is 432 g/mol. The van der Waals surface area contributed by atoms with Gasteiger partial charge in [-0.15, -0.1) is 0 Å². The lowest BCUT2D eigenvalue weighted by Crippen LogP contribution is -2.50. The smallest absolute Gasteiger partial charge is 0.326 e. The number of nitrogens with one attached hydrogen (secondary N) is 1. The molecule has 0 saturated carbocycles. The van der Waals surface area contributed by atoms with E-state index in [0.29, 0.717) is 18.4 Å². The molecule has 2 atom stereocenters. The summed E-state index contributed by atoms with van der Waals surface area (Å²) in [6.45, 7) is 4.00. The van der Waals surface area contributed by atoms with E-state index in [4.69, 9.17) is 28.9 Å². The van der Waals surface area contributed by atoms with Gasteiger partial charge in [0.2, 0.25) is 0 Å². The second-order valence-electron chi connectivity index (χ2n) is 7.71. The topological polar surface area (TPSA) is 84.1 Å². The minimum Gasteiger partial charge on any atom is -0.396 e. The third-order valence-corrected chi connectivity index (χ3v) is 6.35. The summed E-state index contributed by atoms with van der Waals surface area (Å²) in [5.74, 6) is -0.140. The van der Waals surface area contributed by atoms with E-state index < -0.39 is 0 Å². The first-order valence-electron chi connectivity index (χ1n) is 9.54. The number of amides is 1. The third-order valence-electron chi connectivity index (χ3n) is 5.73. The van der Waals surface area contributed by atoms with Gasteiger partial charge in [0, 0.05) is 23.7 Å². The zero-order valence-corrected chi connectivity index (χ0v) is 17.7. The minimum absolute atomic E-state index is 0.00583. The number of nitrogens with zero attached hydrogens (tertiary/aromatic N) is 2. The highest BCUT2D eigenvalue weighted by molar-refractivity contribution is 6.39. The molecule has 1 aliphatic heterocycles. The number of piperidine rings is 1. The Morgan fingerprint density at radius 1 is 1.10 bits per heavy atom. The molecular formula is C21H22Cl2N4O2. The van der Waals surface area contributed by atoms with Gasteiger partial charge >= 0.3 is 5.69 Å². The van der Waals surface area contributed by atoms with E-state index in [2.05, 4.69) is 4.98 Å². The maximum absolute atomic E-state index is 13.2. The third kappa shape index (κ3) is 3.40. The molecule has 0 bridgehead atoms. The molecule has 2 aromatic carbocycles. The highest BCUT2D eigenvalue weighted by Gasteiger charge is 2.36. The van der Waals surface area contributed by atoms with Crippen molar-refractivity contribution in [2.45, 2.75) is 44.8 Å². The van der Waals surface area contributed by atoms with Crippen LogP contribution in [0.5, 0.6) is 0 Å².